The molecule has 3 aliphatic heterocycles. The van der Waals surface area contributed by atoms with Crippen molar-refractivity contribution < 1.29 is 41.8 Å². The molecule has 6 aliphatic rings. The number of amides is 5. The third-order valence-electron chi connectivity index (χ3n) is 12.4. The Morgan fingerprint density at radius 1 is 1.00 bits per heavy atom. The minimum Gasteiger partial charge on any atom is -0.496 e. The minimum atomic E-state index is -3.98. The van der Waals surface area contributed by atoms with Gasteiger partial charge in [0.25, 0.3) is 5.91 Å². The van der Waals surface area contributed by atoms with E-state index in [9.17, 15) is 27.6 Å². The maximum absolute atomic E-state index is 14.6. The third kappa shape index (κ3) is 7.48. The van der Waals surface area contributed by atoms with E-state index in [-0.39, 0.29) is 31.5 Å². The number of carbonyl (C=O) groups is 4. The zero-order valence-electron chi connectivity index (χ0n) is 32.3. The lowest BCUT2D eigenvalue weighted by Gasteiger charge is -2.34. The van der Waals surface area contributed by atoms with Crippen LogP contribution in [0, 0.1) is 12.8 Å². The Labute approximate surface area is 327 Å². The van der Waals surface area contributed by atoms with E-state index in [0.29, 0.717) is 73.5 Å². The number of aryl methyl sites for hydroxylation is 1. The highest BCUT2D eigenvalue weighted by molar-refractivity contribution is 7.91. The number of carbonyl (C=O) groups excluding carboxylic acids is 4. The lowest BCUT2D eigenvalue weighted by atomic mass is 10.0. The SMILES string of the molecule is COc1ccc2c(O[C@@H]3C[C@H]4C(=O)N[C@]5(C(=O)NS(=O)(=O)C6(C)CC6)C[C@H]5C=CCCCCC[C@H](NC(=O)N5CCC5)C(=O)N4C3)cc(OC3CC3)nc2c1C. The number of ether oxygens (including phenoxy) is 3. The Balaban J connectivity index is 1.11. The maximum Gasteiger partial charge on any atom is 0.318 e. The fraction of sp³-hybridized carbons (Fsp3) is 0.625. The van der Waals surface area contributed by atoms with Crippen LogP contribution in [0.2, 0.25) is 0 Å². The summed E-state index contributed by atoms with van der Waals surface area (Å²) in [6.07, 6.45) is 10.6. The van der Waals surface area contributed by atoms with Gasteiger partial charge in [0.1, 0.15) is 41.3 Å². The van der Waals surface area contributed by atoms with Gasteiger partial charge in [-0.1, -0.05) is 25.0 Å². The first-order valence-corrected chi connectivity index (χ1v) is 21.5. The summed E-state index contributed by atoms with van der Waals surface area (Å²) in [7, 11) is -2.39. The van der Waals surface area contributed by atoms with Gasteiger partial charge in [-0.05, 0) is 83.8 Å². The standard InChI is InChI=1S/C40H52N6O9S/c1-24-31(53-3)15-14-28-32(21-33(42-34(24)28)55-26-12-13-26)54-27-20-30-35(47)43-40(37(49)44-56(51,52)39(2)16-17-39)22-25(40)10-7-5-4-6-8-11-29(36(48)46(30)23-27)41-38(50)45-18-9-19-45/h7,10,14-15,21,25-27,29-30H,4-6,8-9,11-13,16-20,22-23H2,1-3H3,(H,41,50)(H,43,47)(H,44,49)/t25-,27-,29+,30+,40-/m1/s1. The van der Waals surface area contributed by atoms with Crippen LogP contribution in [0.25, 0.3) is 10.9 Å². The number of fused-ring (bicyclic) bond motifs is 3. The molecule has 16 heteroatoms. The molecule has 1 aromatic heterocycles. The number of nitrogens with one attached hydrogen (secondary N) is 3. The summed E-state index contributed by atoms with van der Waals surface area (Å²) in [4.78, 5) is 64.2. The van der Waals surface area contributed by atoms with E-state index < -0.39 is 62.1 Å². The number of allylic oxidation sites excluding steroid dienone is 1. The van der Waals surface area contributed by atoms with Gasteiger partial charge in [0, 0.05) is 42.4 Å². The molecule has 302 valence electrons. The van der Waals surface area contributed by atoms with Gasteiger partial charge in [-0.2, -0.15) is 0 Å². The number of nitrogens with zero attached hydrogens (tertiary/aromatic N) is 3. The van der Waals surface area contributed by atoms with Crippen molar-refractivity contribution in [1.82, 2.24) is 30.1 Å². The van der Waals surface area contributed by atoms with Crippen molar-refractivity contribution in [3.63, 3.8) is 0 Å². The number of likely N-dealkylation sites (tertiary alicyclic amines) is 1. The molecular weight excluding hydrogens is 741 g/mol. The summed E-state index contributed by atoms with van der Waals surface area (Å²) in [6, 6.07) is 3.15. The van der Waals surface area contributed by atoms with Crippen LogP contribution in [0.5, 0.6) is 17.4 Å². The molecule has 3 saturated carbocycles. The predicted octanol–water partition coefficient (Wildman–Crippen LogP) is 3.62. The number of hydrogen-bond donors (Lipinski definition) is 3. The van der Waals surface area contributed by atoms with Gasteiger partial charge in [0.15, 0.2) is 0 Å². The lowest BCUT2D eigenvalue weighted by molar-refractivity contribution is -0.141. The quantitative estimate of drug-likeness (QED) is 0.317. The van der Waals surface area contributed by atoms with Gasteiger partial charge < -0.3 is 34.6 Å². The second-order valence-electron chi connectivity index (χ2n) is 16.6. The Hall–Kier alpha value is -4.60. The number of rotatable bonds is 9. The molecule has 0 unspecified atom stereocenters. The van der Waals surface area contributed by atoms with Crippen LogP contribution >= 0.6 is 0 Å². The Morgan fingerprint density at radius 2 is 1.79 bits per heavy atom. The highest BCUT2D eigenvalue weighted by Crippen LogP contribution is 2.48. The highest BCUT2D eigenvalue weighted by Gasteiger charge is 2.63. The third-order valence-corrected chi connectivity index (χ3v) is 14.5. The largest absolute Gasteiger partial charge is 0.496 e. The first-order valence-electron chi connectivity index (χ1n) is 20.0. The van der Waals surface area contributed by atoms with Crippen LogP contribution in [-0.4, -0.2) is 108 Å². The van der Waals surface area contributed by atoms with E-state index in [1.165, 1.54) is 4.90 Å². The van der Waals surface area contributed by atoms with Gasteiger partial charge >= 0.3 is 6.03 Å². The van der Waals surface area contributed by atoms with Gasteiger partial charge in [0.2, 0.25) is 27.7 Å². The fourth-order valence-electron chi connectivity index (χ4n) is 7.98. The van der Waals surface area contributed by atoms with Crippen molar-refractivity contribution in [2.24, 2.45) is 5.92 Å². The van der Waals surface area contributed by atoms with Gasteiger partial charge in [-0.25, -0.2) is 18.2 Å². The van der Waals surface area contributed by atoms with Crippen LogP contribution in [-0.2, 0) is 24.4 Å². The molecule has 1 aromatic carbocycles. The molecule has 8 rings (SSSR count). The van der Waals surface area contributed by atoms with Gasteiger partial charge in [-0.15, -0.1) is 0 Å². The monoisotopic (exact) mass is 792 g/mol. The molecule has 2 aromatic rings. The van der Waals surface area contributed by atoms with E-state index in [1.54, 1.807) is 25.0 Å². The molecule has 4 heterocycles. The molecule has 0 radical (unpaired) electrons. The second kappa shape index (κ2) is 14.7. The average Bonchev–Trinajstić information content (AvgIpc) is 4.09. The summed E-state index contributed by atoms with van der Waals surface area (Å²) >= 11 is 0. The molecule has 0 bridgehead atoms. The van der Waals surface area contributed by atoms with Crippen molar-refractivity contribution in [2.45, 2.75) is 125 Å². The molecule has 5 amide bonds. The van der Waals surface area contributed by atoms with E-state index in [2.05, 4.69) is 15.4 Å². The molecule has 0 spiro atoms. The molecule has 3 aliphatic carbocycles. The number of methoxy groups -OCH3 is 1. The van der Waals surface area contributed by atoms with Crippen LogP contribution in [0.4, 0.5) is 4.79 Å². The second-order valence-corrected chi connectivity index (χ2v) is 18.8. The summed E-state index contributed by atoms with van der Waals surface area (Å²) in [5.41, 5.74) is -0.0544. The van der Waals surface area contributed by atoms with E-state index in [0.717, 1.165) is 37.7 Å². The molecular formula is C40H52N6O9S. The van der Waals surface area contributed by atoms with E-state index >= 15 is 0 Å². The first-order chi connectivity index (χ1) is 26.8. The first kappa shape index (κ1) is 38.3. The van der Waals surface area contributed by atoms with Crippen LogP contribution in [0.15, 0.2) is 30.4 Å². The van der Waals surface area contributed by atoms with Gasteiger partial charge in [0.05, 0.1) is 23.9 Å². The maximum atomic E-state index is 14.6. The molecule has 3 N–H and O–H groups in total. The van der Waals surface area contributed by atoms with Crippen molar-refractivity contribution in [1.29, 1.82) is 0 Å². The van der Waals surface area contributed by atoms with Crippen molar-refractivity contribution >= 4 is 44.7 Å². The number of pyridine rings is 1. The number of urea groups is 1. The fourth-order valence-corrected chi connectivity index (χ4v) is 9.29. The summed E-state index contributed by atoms with van der Waals surface area (Å²) < 4.78 is 46.0. The number of sulfonamides is 1. The molecule has 56 heavy (non-hydrogen) atoms. The summed E-state index contributed by atoms with van der Waals surface area (Å²) in [5, 5.41) is 6.60. The predicted molar refractivity (Wildman–Crippen MR) is 206 cm³/mol. The van der Waals surface area contributed by atoms with Gasteiger partial charge in [-0.3, -0.25) is 19.1 Å². The minimum absolute atomic E-state index is 0.0278. The van der Waals surface area contributed by atoms with E-state index in [1.807, 2.05) is 31.2 Å². The average molecular weight is 793 g/mol. The molecule has 5 atom stereocenters. The van der Waals surface area contributed by atoms with Crippen LogP contribution in [0.1, 0.15) is 89.5 Å². The highest BCUT2D eigenvalue weighted by atomic mass is 32.2. The van der Waals surface area contributed by atoms with Crippen molar-refractivity contribution in [2.75, 3.05) is 26.7 Å². The summed E-state index contributed by atoms with van der Waals surface area (Å²) in [5.74, 6) is -0.673. The Kier molecular flexibility index (Phi) is 10.1. The zero-order chi connectivity index (χ0) is 39.4. The van der Waals surface area contributed by atoms with E-state index in [4.69, 9.17) is 19.2 Å². The number of aromatic nitrogens is 1. The van der Waals surface area contributed by atoms with Crippen molar-refractivity contribution in [3.05, 3.63) is 35.9 Å². The Bertz CT molecular complexity index is 2060. The summed E-state index contributed by atoms with van der Waals surface area (Å²) in [6.45, 7) is 4.76. The van der Waals surface area contributed by atoms with Crippen LogP contribution in [0.3, 0.4) is 0 Å². The van der Waals surface area contributed by atoms with Crippen LogP contribution < -0.4 is 29.6 Å². The Morgan fingerprint density at radius 3 is 2.48 bits per heavy atom. The van der Waals surface area contributed by atoms with Crippen molar-refractivity contribution in [3.8, 4) is 17.4 Å². The molecule has 15 nitrogen and oxygen atoms in total. The molecule has 5 fully saturated rings. The number of hydrogen-bond acceptors (Lipinski definition) is 10. The molecule has 2 saturated heterocycles. The normalized spacial score (nSPS) is 28.8. The zero-order valence-corrected chi connectivity index (χ0v) is 33.1. The lowest BCUT2D eigenvalue weighted by Crippen LogP contribution is -2.59. The smallest absolute Gasteiger partial charge is 0.318 e. The number of benzene rings is 1. The topological polar surface area (TPSA) is 186 Å².